The van der Waals surface area contributed by atoms with E-state index in [1.54, 1.807) is 0 Å². The monoisotopic (exact) mass is 480 g/mol. The Labute approximate surface area is 203 Å². The molecule has 6 rings (SSSR count). The molecular formula is C25H29ClN6S. The van der Waals surface area contributed by atoms with E-state index in [0.717, 1.165) is 67.5 Å². The van der Waals surface area contributed by atoms with Gasteiger partial charge in [-0.1, -0.05) is 36.9 Å². The Morgan fingerprint density at radius 3 is 2.73 bits per heavy atom. The van der Waals surface area contributed by atoms with E-state index in [0.29, 0.717) is 10.9 Å². The summed E-state index contributed by atoms with van der Waals surface area (Å²) in [6, 6.07) is 10.3. The number of benzene rings is 1. The second kappa shape index (κ2) is 9.20. The minimum absolute atomic E-state index is 0.460. The first-order valence-corrected chi connectivity index (χ1v) is 13.4. The molecule has 1 aliphatic carbocycles. The lowest BCUT2D eigenvalue weighted by Crippen LogP contribution is -2.32. The molecule has 0 unspecified atom stereocenters. The SMILES string of the molecule is Clc1ccc2c(c1)nc(N1CCCN(Cc3cccs3)CC1)n1c(C3CCCCC3)nnc21. The van der Waals surface area contributed by atoms with Crippen molar-refractivity contribution in [2.24, 2.45) is 0 Å². The average Bonchev–Trinajstić information content (AvgIpc) is 3.45. The summed E-state index contributed by atoms with van der Waals surface area (Å²) in [4.78, 5) is 11.6. The molecule has 0 radical (unpaired) electrons. The van der Waals surface area contributed by atoms with Crippen molar-refractivity contribution < 1.29 is 0 Å². The van der Waals surface area contributed by atoms with E-state index in [1.165, 1.54) is 37.0 Å². The van der Waals surface area contributed by atoms with Crippen LogP contribution in [-0.2, 0) is 6.54 Å². The third-order valence-electron chi connectivity index (χ3n) is 7.11. The largest absolute Gasteiger partial charge is 0.341 e. The summed E-state index contributed by atoms with van der Waals surface area (Å²) < 4.78 is 2.27. The van der Waals surface area contributed by atoms with Gasteiger partial charge in [-0.05, 0) is 48.9 Å². The molecule has 1 saturated carbocycles. The normalized spacial score (nSPS) is 18.9. The summed E-state index contributed by atoms with van der Waals surface area (Å²) in [7, 11) is 0. The molecule has 3 aromatic heterocycles. The molecule has 8 heteroatoms. The van der Waals surface area contributed by atoms with Crippen LogP contribution in [0.3, 0.4) is 0 Å². The van der Waals surface area contributed by atoms with E-state index < -0.39 is 0 Å². The highest BCUT2D eigenvalue weighted by Crippen LogP contribution is 2.35. The number of thiophene rings is 1. The number of nitrogens with zero attached hydrogens (tertiary/aromatic N) is 6. The molecule has 4 aromatic rings. The van der Waals surface area contributed by atoms with Crippen LogP contribution in [0.1, 0.15) is 55.1 Å². The van der Waals surface area contributed by atoms with Gasteiger partial charge in [-0.2, -0.15) is 0 Å². The molecule has 1 aromatic carbocycles. The quantitative estimate of drug-likeness (QED) is 0.372. The molecule has 2 fully saturated rings. The molecule has 4 heterocycles. The van der Waals surface area contributed by atoms with Gasteiger partial charge < -0.3 is 4.90 Å². The number of rotatable bonds is 4. The molecule has 172 valence electrons. The number of aromatic nitrogens is 4. The van der Waals surface area contributed by atoms with Crippen molar-refractivity contribution in [3.05, 3.63) is 51.4 Å². The van der Waals surface area contributed by atoms with Gasteiger partial charge in [0.15, 0.2) is 5.65 Å². The van der Waals surface area contributed by atoms with E-state index >= 15 is 0 Å². The summed E-state index contributed by atoms with van der Waals surface area (Å²) in [5.41, 5.74) is 1.80. The molecule has 2 aliphatic rings. The van der Waals surface area contributed by atoms with Crippen molar-refractivity contribution in [2.45, 2.75) is 51.0 Å². The van der Waals surface area contributed by atoms with Crippen molar-refractivity contribution in [1.29, 1.82) is 0 Å². The first-order valence-electron chi connectivity index (χ1n) is 12.1. The zero-order chi connectivity index (χ0) is 22.2. The fraction of sp³-hybridized carbons (Fsp3) is 0.480. The maximum absolute atomic E-state index is 6.35. The molecule has 6 nitrogen and oxygen atoms in total. The number of fused-ring (bicyclic) bond motifs is 3. The summed E-state index contributed by atoms with van der Waals surface area (Å²) in [6.07, 6.45) is 7.36. The van der Waals surface area contributed by atoms with Gasteiger partial charge in [-0.25, -0.2) is 9.38 Å². The van der Waals surface area contributed by atoms with E-state index in [1.807, 2.05) is 29.5 Å². The summed E-state index contributed by atoms with van der Waals surface area (Å²) >= 11 is 8.19. The fourth-order valence-electron chi connectivity index (χ4n) is 5.40. The van der Waals surface area contributed by atoms with Gasteiger partial charge in [-0.3, -0.25) is 4.90 Å². The zero-order valence-electron chi connectivity index (χ0n) is 18.8. The molecular weight excluding hydrogens is 452 g/mol. The lowest BCUT2D eigenvalue weighted by atomic mass is 9.89. The third-order valence-corrected chi connectivity index (χ3v) is 8.21. The predicted octanol–water partition coefficient (Wildman–Crippen LogP) is 5.75. The Hall–Kier alpha value is -2.22. The minimum Gasteiger partial charge on any atom is -0.341 e. The van der Waals surface area contributed by atoms with Gasteiger partial charge in [0.1, 0.15) is 5.82 Å². The van der Waals surface area contributed by atoms with Crippen LogP contribution in [0.2, 0.25) is 5.02 Å². The van der Waals surface area contributed by atoms with Crippen LogP contribution in [0.15, 0.2) is 35.7 Å². The Morgan fingerprint density at radius 1 is 0.970 bits per heavy atom. The summed E-state index contributed by atoms with van der Waals surface area (Å²) in [5, 5.41) is 13.3. The van der Waals surface area contributed by atoms with Crippen LogP contribution < -0.4 is 4.90 Å². The van der Waals surface area contributed by atoms with Gasteiger partial charge in [-0.15, -0.1) is 21.5 Å². The topological polar surface area (TPSA) is 49.6 Å². The Kier molecular flexibility index (Phi) is 5.94. The Balaban J connectivity index is 1.39. The number of anilines is 1. The smallest absolute Gasteiger partial charge is 0.213 e. The van der Waals surface area contributed by atoms with Crippen LogP contribution >= 0.6 is 22.9 Å². The Morgan fingerprint density at radius 2 is 1.88 bits per heavy atom. The van der Waals surface area contributed by atoms with Gasteiger partial charge in [0.25, 0.3) is 0 Å². The minimum atomic E-state index is 0.460. The van der Waals surface area contributed by atoms with E-state index in [-0.39, 0.29) is 0 Å². The van der Waals surface area contributed by atoms with Crippen LogP contribution in [0.25, 0.3) is 16.6 Å². The lowest BCUT2D eigenvalue weighted by molar-refractivity contribution is 0.288. The van der Waals surface area contributed by atoms with Gasteiger partial charge >= 0.3 is 0 Å². The molecule has 0 bridgehead atoms. The first-order chi connectivity index (χ1) is 16.3. The maximum Gasteiger partial charge on any atom is 0.213 e. The second-order valence-electron chi connectivity index (χ2n) is 9.32. The highest BCUT2D eigenvalue weighted by Gasteiger charge is 2.27. The van der Waals surface area contributed by atoms with Crippen LogP contribution in [0.5, 0.6) is 0 Å². The molecule has 1 aliphatic heterocycles. The van der Waals surface area contributed by atoms with E-state index in [4.69, 9.17) is 21.7 Å². The highest BCUT2D eigenvalue weighted by molar-refractivity contribution is 7.09. The highest BCUT2D eigenvalue weighted by atomic mass is 35.5. The van der Waals surface area contributed by atoms with Crippen LogP contribution in [-0.4, -0.2) is 50.7 Å². The zero-order valence-corrected chi connectivity index (χ0v) is 20.4. The van der Waals surface area contributed by atoms with Crippen molar-refractivity contribution in [2.75, 3.05) is 31.1 Å². The van der Waals surface area contributed by atoms with Crippen molar-refractivity contribution in [3.8, 4) is 0 Å². The maximum atomic E-state index is 6.35. The van der Waals surface area contributed by atoms with Crippen molar-refractivity contribution in [3.63, 3.8) is 0 Å². The molecule has 0 N–H and O–H groups in total. The Bertz CT molecular complexity index is 1250. The van der Waals surface area contributed by atoms with E-state index in [9.17, 15) is 0 Å². The van der Waals surface area contributed by atoms with Gasteiger partial charge in [0, 0.05) is 53.9 Å². The van der Waals surface area contributed by atoms with Crippen LogP contribution in [0.4, 0.5) is 5.95 Å². The van der Waals surface area contributed by atoms with Gasteiger partial charge in [0.05, 0.1) is 5.52 Å². The molecule has 0 atom stereocenters. The molecule has 0 spiro atoms. The first kappa shape index (κ1) is 21.3. The number of hydrogen-bond donors (Lipinski definition) is 0. The summed E-state index contributed by atoms with van der Waals surface area (Å²) in [6.45, 7) is 5.09. The average molecular weight is 481 g/mol. The standard InChI is InChI=1S/C25H29ClN6S/c26-19-9-10-21-22(16-19)27-25(32-23(28-29-24(21)32)18-6-2-1-3-7-18)31-12-5-11-30(13-14-31)17-20-8-4-15-33-20/h4,8-10,15-16,18H,1-3,5-7,11-14,17H2. The third kappa shape index (κ3) is 4.22. The number of halogens is 1. The van der Waals surface area contributed by atoms with Crippen LogP contribution in [0, 0.1) is 0 Å². The van der Waals surface area contributed by atoms with Crippen molar-refractivity contribution >= 4 is 45.4 Å². The van der Waals surface area contributed by atoms with E-state index in [2.05, 4.69) is 36.8 Å². The molecule has 1 saturated heterocycles. The predicted molar refractivity (Wildman–Crippen MR) is 136 cm³/mol. The fourth-order valence-corrected chi connectivity index (χ4v) is 6.31. The number of hydrogen-bond acceptors (Lipinski definition) is 6. The summed E-state index contributed by atoms with van der Waals surface area (Å²) in [5.74, 6) is 2.52. The van der Waals surface area contributed by atoms with Gasteiger partial charge in [0.2, 0.25) is 5.95 Å². The molecule has 0 amide bonds. The molecule has 33 heavy (non-hydrogen) atoms. The van der Waals surface area contributed by atoms with Crippen molar-refractivity contribution in [1.82, 2.24) is 24.5 Å². The second-order valence-corrected chi connectivity index (χ2v) is 10.8. The lowest BCUT2D eigenvalue weighted by Gasteiger charge is -2.26.